The number of amides is 3. The first kappa shape index (κ1) is 31.4. The predicted octanol–water partition coefficient (Wildman–Crippen LogP) is 5.63. The minimum absolute atomic E-state index is 0.0357. The molecular weight excluding hydrogens is 572 g/mol. The lowest BCUT2D eigenvalue weighted by Crippen LogP contribution is -2.32. The van der Waals surface area contributed by atoms with Gasteiger partial charge in [0.25, 0.3) is 17.7 Å². The maximum atomic E-state index is 13.9. The molecule has 1 aliphatic carbocycles. The number of nitrogens with zero attached hydrogens (tertiary/aromatic N) is 3. The number of anilines is 1. The zero-order valence-corrected chi connectivity index (χ0v) is 26.4. The molecule has 1 fully saturated rings. The molecule has 3 aliphatic rings. The molecule has 5 rings (SSSR count). The lowest BCUT2D eigenvalue weighted by atomic mass is 9.89. The lowest BCUT2D eigenvalue weighted by Gasteiger charge is -2.22. The van der Waals surface area contributed by atoms with Gasteiger partial charge in [0.05, 0.1) is 5.36 Å². The number of nitrogens with one attached hydrogen (secondary N) is 1. The van der Waals surface area contributed by atoms with Gasteiger partial charge in [0.15, 0.2) is 0 Å². The highest BCUT2D eigenvalue weighted by Gasteiger charge is 2.32. The van der Waals surface area contributed by atoms with Crippen LogP contribution in [0.25, 0.3) is 33.4 Å². The van der Waals surface area contributed by atoms with Crippen LogP contribution >= 0.6 is 0 Å². The van der Waals surface area contributed by atoms with Crippen molar-refractivity contribution < 1.29 is 28.4 Å². The first-order valence-corrected chi connectivity index (χ1v) is 15.3. The monoisotopic (exact) mass is 610 g/mol. The van der Waals surface area contributed by atoms with Gasteiger partial charge >= 0.3 is 5.97 Å². The Morgan fingerprint density at radius 3 is 2.44 bits per heavy atom. The number of imide groups is 1. The SMILES string of the molecule is CCN=c1cc2oc3cc(NCC)c(C)cc3c(-c3ccccc3C(=O)N(C)CCCC(=O)ON3C(=O)CCC3=O)c-2cc1C. The summed E-state index contributed by atoms with van der Waals surface area (Å²) in [6, 6.07) is 15.6. The summed E-state index contributed by atoms with van der Waals surface area (Å²) >= 11 is 0. The number of hydroxylamine groups is 2. The average molecular weight is 611 g/mol. The van der Waals surface area contributed by atoms with E-state index < -0.39 is 17.8 Å². The summed E-state index contributed by atoms with van der Waals surface area (Å²) in [6.45, 7) is 9.78. The van der Waals surface area contributed by atoms with Crippen LogP contribution in [0.4, 0.5) is 5.69 Å². The van der Waals surface area contributed by atoms with Crippen molar-refractivity contribution in [3.8, 4) is 22.5 Å². The van der Waals surface area contributed by atoms with E-state index in [1.807, 2.05) is 64.1 Å². The van der Waals surface area contributed by atoms with Crippen LogP contribution in [-0.2, 0) is 19.2 Å². The molecule has 0 atom stereocenters. The van der Waals surface area contributed by atoms with Crippen LogP contribution in [0.5, 0.6) is 0 Å². The van der Waals surface area contributed by atoms with Crippen LogP contribution < -0.4 is 10.7 Å². The summed E-state index contributed by atoms with van der Waals surface area (Å²) in [6.07, 6.45) is 0.316. The van der Waals surface area contributed by atoms with E-state index in [1.165, 1.54) is 0 Å². The van der Waals surface area contributed by atoms with Crippen molar-refractivity contribution in [3.63, 3.8) is 0 Å². The van der Waals surface area contributed by atoms with Crippen LogP contribution in [0, 0.1) is 13.8 Å². The molecule has 0 saturated carbocycles. The lowest BCUT2D eigenvalue weighted by molar-refractivity contribution is -0.197. The quantitative estimate of drug-likeness (QED) is 0.182. The number of benzene rings is 3. The summed E-state index contributed by atoms with van der Waals surface area (Å²) in [5.74, 6) is -1.27. The summed E-state index contributed by atoms with van der Waals surface area (Å²) in [4.78, 5) is 60.9. The molecule has 2 aromatic carbocycles. The maximum absolute atomic E-state index is 13.9. The average Bonchev–Trinajstić information content (AvgIpc) is 3.33. The zero-order valence-electron chi connectivity index (χ0n) is 26.4. The molecule has 1 saturated heterocycles. The Bertz CT molecular complexity index is 1830. The Morgan fingerprint density at radius 1 is 1.00 bits per heavy atom. The summed E-state index contributed by atoms with van der Waals surface area (Å²) < 4.78 is 6.49. The van der Waals surface area contributed by atoms with Crippen LogP contribution in [0.1, 0.15) is 61.0 Å². The van der Waals surface area contributed by atoms with Gasteiger partial charge in [0, 0.05) is 85.8 Å². The molecule has 0 radical (unpaired) electrons. The minimum atomic E-state index is -0.692. The Balaban J connectivity index is 1.50. The molecule has 0 aromatic heterocycles. The predicted molar refractivity (Wildman–Crippen MR) is 171 cm³/mol. The van der Waals surface area contributed by atoms with Gasteiger partial charge in [-0.2, -0.15) is 0 Å². The van der Waals surface area contributed by atoms with Gasteiger partial charge in [-0.3, -0.25) is 19.4 Å². The van der Waals surface area contributed by atoms with E-state index in [9.17, 15) is 19.2 Å². The first-order valence-electron chi connectivity index (χ1n) is 15.3. The van der Waals surface area contributed by atoms with Crippen molar-refractivity contribution in [2.75, 3.05) is 32.0 Å². The molecule has 45 heavy (non-hydrogen) atoms. The number of carbonyl (C=O) groups excluding carboxylic acids is 4. The zero-order chi connectivity index (χ0) is 32.2. The van der Waals surface area contributed by atoms with E-state index in [2.05, 4.69) is 22.4 Å². The highest BCUT2D eigenvalue weighted by atomic mass is 16.7. The molecule has 234 valence electrons. The van der Waals surface area contributed by atoms with Crippen LogP contribution in [0.3, 0.4) is 0 Å². The van der Waals surface area contributed by atoms with Crippen molar-refractivity contribution >= 4 is 40.3 Å². The fraction of sp³-hybridized carbons (Fsp3) is 0.343. The van der Waals surface area contributed by atoms with Crippen molar-refractivity contribution in [1.82, 2.24) is 9.96 Å². The number of rotatable bonds is 10. The van der Waals surface area contributed by atoms with Gasteiger partial charge in [0.1, 0.15) is 11.3 Å². The fourth-order valence-corrected chi connectivity index (χ4v) is 5.66. The molecule has 2 heterocycles. The second kappa shape index (κ2) is 13.3. The number of fused-ring (bicyclic) bond motifs is 2. The molecule has 0 unspecified atom stereocenters. The van der Waals surface area contributed by atoms with Crippen LogP contribution in [0.2, 0.25) is 0 Å². The molecular formula is C35H38N4O6. The molecule has 2 aliphatic heterocycles. The number of hydrogen-bond donors (Lipinski definition) is 1. The molecule has 10 nitrogen and oxygen atoms in total. The number of carbonyl (C=O) groups is 4. The number of hydrogen-bond acceptors (Lipinski definition) is 8. The Labute approximate surface area is 262 Å². The van der Waals surface area contributed by atoms with E-state index in [0.29, 0.717) is 34.9 Å². The third-order valence-corrected chi connectivity index (χ3v) is 7.93. The van der Waals surface area contributed by atoms with E-state index in [1.54, 1.807) is 11.9 Å². The van der Waals surface area contributed by atoms with Crippen LogP contribution in [0.15, 0.2) is 57.9 Å². The highest BCUT2D eigenvalue weighted by molar-refractivity contribution is 6.09. The van der Waals surface area contributed by atoms with Crippen molar-refractivity contribution in [2.45, 2.75) is 53.4 Å². The summed E-state index contributed by atoms with van der Waals surface area (Å²) in [5, 5.41) is 5.69. The second-order valence-electron chi connectivity index (χ2n) is 11.2. The van der Waals surface area contributed by atoms with Crippen LogP contribution in [-0.4, -0.2) is 60.3 Å². The topological polar surface area (TPSA) is 122 Å². The number of aryl methyl sites for hydroxylation is 2. The third-order valence-electron chi connectivity index (χ3n) is 7.93. The van der Waals surface area contributed by atoms with Gasteiger partial charge in [0.2, 0.25) is 0 Å². The Hall–Kier alpha value is -4.99. The smallest absolute Gasteiger partial charge is 0.333 e. The van der Waals surface area contributed by atoms with Crippen molar-refractivity contribution in [2.24, 2.45) is 4.99 Å². The molecule has 1 N–H and O–H groups in total. The molecule has 2 aromatic rings. The van der Waals surface area contributed by atoms with E-state index >= 15 is 0 Å². The molecule has 3 amide bonds. The molecule has 0 bridgehead atoms. The Kier molecular flexibility index (Phi) is 9.32. The fourth-order valence-electron chi connectivity index (χ4n) is 5.66. The van der Waals surface area contributed by atoms with E-state index in [0.717, 1.165) is 50.8 Å². The van der Waals surface area contributed by atoms with Crippen molar-refractivity contribution in [3.05, 3.63) is 70.6 Å². The van der Waals surface area contributed by atoms with E-state index in [4.69, 9.17) is 9.25 Å². The molecule has 10 heteroatoms. The van der Waals surface area contributed by atoms with Crippen molar-refractivity contribution in [1.29, 1.82) is 0 Å². The Morgan fingerprint density at radius 2 is 1.73 bits per heavy atom. The standard InChI is InChI=1S/C35H38N4O6/c1-6-36-27-19-29-25(17-21(27)3)34(26-18-22(4)28(37-7-2)20-30(26)44-29)23-11-8-9-12-24(23)35(43)38(5)16-10-13-33(42)45-39-31(40)14-15-32(39)41/h8-9,11-12,17-20,36H,6-7,10,13-16H2,1-5H3. The first-order chi connectivity index (χ1) is 21.6. The largest absolute Gasteiger partial charge is 0.456 e. The highest BCUT2D eigenvalue weighted by Crippen LogP contribution is 2.43. The molecule has 0 spiro atoms. The minimum Gasteiger partial charge on any atom is -0.456 e. The van der Waals surface area contributed by atoms with Gasteiger partial charge in [-0.1, -0.05) is 18.2 Å². The second-order valence-corrected chi connectivity index (χ2v) is 11.2. The van der Waals surface area contributed by atoms with E-state index in [-0.39, 0.29) is 31.7 Å². The van der Waals surface area contributed by atoms with Gasteiger partial charge in [-0.05, 0) is 69.0 Å². The normalized spacial score (nSPS) is 13.6. The summed E-state index contributed by atoms with van der Waals surface area (Å²) in [7, 11) is 1.68. The maximum Gasteiger partial charge on any atom is 0.333 e. The van der Waals surface area contributed by atoms with Gasteiger partial charge in [-0.25, -0.2) is 4.79 Å². The summed E-state index contributed by atoms with van der Waals surface area (Å²) in [5.41, 5.74) is 6.77. The third kappa shape index (κ3) is 6.45. The van der Waals surface area contributed by atoms with Gasteiger partial charge < -0.3 is 19.5 Å². The van der Waals surface area contributed by atoms with Gasteiger partial charge in [-0.15, -0.1) is 5.06 Å².